The minimum Gasteiger partial charge on any atom is -0.464 e. The number of aromatic nitrogens is 4. The maximum atomic E-state index is 12.6. The predicted octanol–water partition coefficient (Wildman–Crippen LogP) is 3.08. The standard InChI is InChI=1S/C20H26N6O3S2/c1-4-26(5-2)31(27,28)18-8-7-17(30-18)9-10-21-19-22-11-15(12-23-19)16-13-24-20(25-14-16)29-6-3/h7-8,11-14H,4-6,9-10H2,1-3H3,(H,21,22,23). The molecule has 0 radical (unpaired) electrons. The first-order chi connectivity index (χ1) is 15.0. The maximum Gasteiger partial charge on any atom is 0.316 e. The summed E-state index contributed by atoms with van der Waals surface area (Å²) in [4.78, 5) is 17.9. The fraction of sp³-hybridized carbons (Fsp3) is 0.400. The van der Waals surface area contributed by atoms with E-state index in [1.54, 1.807) is 30.9 Å². The van der Waals surface area contributed by atoms with Crippen molar-refractivity contribution < 1.29 is 13.2 Å². The highest BCUT2D eigenvalue weighted by Gasteiger charge is 2.23. The highest BCUT2D eigenvalue weighted by molar-refractivity contribution is 7.91. The van der Waals surface area contributed by atoms with Crippen molar-refractivity contribution in [1.82, 2.24) is 24.2 Å². The lowest BCUT2D eigenvalue weighted by Gasteiger charge is -2.16. The van der Waals surface area contributed by atoms with Crippen LogP contribution in [0.4, 0.5) is 5.95 Å². The number of hydrogen-bond donors (Lipinski definition) is 1. The fourth-order valence-electron chi connectivity index (χ4n) is 2.86. The van der Waals surface area contributed by atoms with Crippen LogP contribution >= 0.6 is 11.3 Å². The zero-order valence-electron chi connectivity index (χ0n) is 17.8. The first-order valence-electron chi connectivity index (χ1n) is 10.1. The van der Waals surface area contributed by atoms with Crippen LogP contribution in [-0.2, 0) is 16.4 Å². The van der Waals surface area contributed by atoms with E-state index >= 15 is 0 Å². The molecule has 1 N–H and O–H groups in total. The van der Waals surface area contributed by atoms with Crippen molar-refractivity contribution in [3.05, 3.63) is 41.8 Å². The molecule has 166 valence electrons. The zero-order chi connectivity index (χ0) is 22.3. The molecule has 0 unspecified atom stereocenters. The average Bonchev–Trinajstić information content (AvgIpc) is 3.26. The lowest BCUT2D eigenvalue weighted by Crippen LogP contribution is -2.29. The molecule has 0 aromatic carbocycles. The Kier molecular flexibility index (Phi) is 7.88. The summed E-state index contributed by atoms with van der Waals surface area (Å²) >= 11 is 1.30. The summed E-state index contributed by atoms with van der Waals surface area (Å²) in [5, 5.41) is 3.16. The Balaban J connectivity index is 1.55. The Labute approximate surface area is 186 Å². The van der Waals surface area contributed by atoms with Gasteiger partial charge in [-0.05, 0) is 25.5 Å². The lowest BCUT2D eigenvalue weighted by molar-refractivity contribution is 0.312. The van der Waals surface area contributed by atoms with Gasteiger partial charge in [-0.15, -0.1) is 11.3 Å². The van der Waals surface area contributed by atoms with E-state index < -0.39 is 10.0 Å². The van der Waals surface area contributed by atoms with E-state index in [0.717, 1.165) is 16.0 Å². The lowest BCUT2D eigenvalue weighted by atomic mass is 10.2. The molecule has 0 aliphatic carbocycles. The monoisotopic (exact) mass is 462 g/mol. The number of rotatable bonds is 11. The molecule has 31 heavy (non-hydrogen) atoms. The van der Waals surface area contributed by atoms with E-state index in [9.17, 15) is 8.42 Å². The van der Waals surface area contributed by atoms with Gasteiger partial charge in [0.15, 0.2) is 0 Å². The average molecular weight is 463 g/mol. The highest BCUT2D eigenvalue weighted by atomic mass is 32.2. The van der Waals surface area contributed by atoms with Gasteiger partial charge in [-0.1, -0.05) is 13.8 Å². The number of sulfonamides is 1. The number of nitrogens with zero attached hydrogens (tertiary/aromatic N) is 5. The number of nitrogens with one attached hydrogen (secondary N) is 1. The highest BCUT2D eigenvalue weighted by Crippen LogP contribution is 2.25. The van der Waals surface area contributed by atoms with Gasteiger partial charge in [-0.2, -0.15) is 4.31 Å². The van der Waals surface area contributed by atoms with Crippen molar-refractivity contribution in [3.8, 4) is 17.1 Å². The van der Waals surface area contributed by atoms with Gasteiger partial charge in [-0.25, -0.2) is 28.4 Å². The van der Waals surface area contributed by atoms with Crippen LogP contribution in [0.1, 0.15) is 25.6 Å². The summed E-state index contributed by atoms with van der Waals surface area (Å²) in [5.41, 5.74) is 1.61. The molecule has 0 spiro atoms. The summed E-state index contributed by atoms with van der Waals surface area (Å²) < 4.78 is 32.3. The van der Waals surface area contributed by atoms with Gasteiger partial charge in [0.2, 0.25) is 5.95 Å². The molecule has 0 amide bonds. The van der Waals surface area contributed by atoms with Crippen LogP contribution in [0.15, 0.2) is 41.1 Å². The van der Waals surface area contributed by atoms with Crippen molar-refractivity contribution in [2.24, 2.45) is 0 Å². The van der Waals surface area contributed by atoms with E-state index in [0.29, 0.717) is 48.8 Å². The minimum atomic E-state index is -3.41. The second kappa shape index (κ2) is 10.6. The third-order valence-electron chi connectivity index (χ3n) is 4.48. The second-order valence-corrected chi connectivity index (χ2v) is 9.80. The molecule has 3 rings (SSSR count). The van der Waals surface area contributed by atoms with Gasteiger partial charge in [0.1, 0.15) is 4.21 Å². The SMILES string of the molecule is CCOc1ncc(-c2cnc(NCCc3ccc(S(=O)(=O)N(CC)CC)s3)nc2)cn1. The molecule has 3 aromatic heterocycles. The van der Waals surface area contributed by atoms with Crippen LogP contribution in [-0.4, -0.2) is 58.9 Å². The second-order valence-electron chi connectivity index (χ2n) is 6.47. The number of hydrogen-bond acceptors (Lipinski definition) is 9. The number of anilines is 1. The van der Waals surface area contributed by atoms with Crippen LogP contribution in [0.5, 0.6) is 6.01 Å². The van der Waals surface area contributed by atoms with Gasteiger partial charge in [0, 0.05) is 60.4 Å². The molecular formula is C20H26N6O3S2. The first kappa shape index (κ1) is 23.0. The Morgan fingerprint density at radius 3 is 2.16 bits per heavy atom. The molecule has 0 saturated carbocycles. The summed E-state index contributed by atoms with van der Waals surface area (Å²) in [6.07, 6.45) is 7.42. The van der Waals surface area contributed by atoms with Gasteiger partial charge < -0.3 is 10.1 Å². The molecule has 9 nitrogen and oxygen atoms in total. The predicted molar refractivity (Wildman–Crippen MR) is 121 cm³/mol. The molecule has 0 saturated heterocycles. The van der Waals surface area contributed by atoms with Gasteiger partial charge in [0.05, 0.1) is 6.61 Å². The van der Waals surface area contributed by atoms with E-state index in [2.05, 4.69) is 25.3 Å². The Hall–Kier alpha value is -2.63. The Bertz CT molecular complexity index is 1070. The van der Waals surface area contributed by atoms with Gasteiger partial charge >= 0.3 is 6.01 Å². The number of ether oxygens (including phenoxy) is 1. The molecule has 3 heterocycles. The molecule has 0 atom stereocenters. The normalized spacial score (nSPS) is 11.6. The van der Waals surface area contributed by atoms with Crippen LogP contribution in [0.3, 0.4) is 0 Å². The van der Waals surface area contributed by atoms with Crippen molar-refractivity contribution in [1.29, 1.82) is 0 Å². The van der Waals surface area contributed by atoms with Crippen molar-refractivity contribution >= 4 is 27.3 Å². The molecule has 11 heteroatoms. The summed E-state index contributed by atoms with van der Waals surface area (Å²) in [5.74, 6) is 0.503. The van der Waals surface area contributed by atoms with Gasteiger partial charge in [0.25, 0.3) is 10.0 Å². The van der Waals surface area contributed by atoms with Crippen molar-refractivity contribution in [2.45, 2.75) is 31.4 Å². The summed E-state index contributed by atoms with van der Waals surface area (Å²) in [6, 6.07) is 3.88. The van der Waals surface area contributed by atoms with Crippen molar-refractivity contribution in [3.63, 3.8) is 0 Å². The largest absolute Gasteiger partial charge is 0.464 e. The third kappa shape index (κ3) is 5.75. The molecule has 0 aliphatic rings. The van der Waals surface area contributed by atoms with E-state index in [1.807, 2.05) is 26.8 Å². The quantitative estimate of drug-likeness (QED) is 0.463. The van der Waals surface area contributed by atoms with E-state index in [-0.39, 0.29) is 0 Å². The van der Waals surface area contributed by atoms with Crippen LogP contribution < -0.4 is 10.1 Å². The maximum absolute atomic E-state index is 12.6. The zero-order valence-corrected chi connectivity index (χ0v) is 19.4. The van der Waals surface area contributed by atoms with Crippen LogP contribution in [0, 0.1) is 0 Å². The Morgan fingerprint density at radius 2 is 1.58 bits per heavy atom. The van der Waals surface area contributed by atoms with Crippen LogP contribution in [0.2, 0.25) is 0 Å². The van der Waals surface area contributed by atoms with Crippen molar-refractivity contribution in [2.75, 3.05) is 31.6 Å². The summed E-state index contributed by atoms with van der Waals surface area (Å²) in [6.45, 7) is 7.59. The van der Waals surface area contributed by atoms with Gasteiger partial charge in [-0.3, -0.25) is 0 Å². The van der Waals surface area contributed by atoms with E-state index in [1.165, 1.54) is 15.6 Å². The summed E-state index contributed by atoms with van der Waals surface area (Å²) in [7, 11) is -3.41. The molecular weight excluding hydrogens is 436 g/mol. The fourth-order valence-corrected chi connectivity index (χ4v) is 5.82. The van der Waals surface area contributed by atoms with E-state index in [4.69, 9.17) is 4.74 Å². The molecule has 3 aromatic rings. The third-order valence-corrected chi connectivity index (χ3v) is 8.14. The Morgan fingerprint density at radius 1 is 0.968 bits per heavy atom. The minimum absolute atomic E-state index is 0.340. The molecule has 0 aliphatic heterocycles. The van der Waals surface area contributed by atoms with Crippen LogP contribution in [0.25, 0.3) is 11.1 Å². The topological polar surface area (TPSA) is 110 Å². The smallest absolute Gasteiger partial charge is 0.316 e. The molecule has 0 fully saturated rings. The number of thiophene rings is 1. The molecule has 0 bridgehead atoms. The first-order valence-corrected chi connectivity index (χ1v) is 12.3.